The lowest BCUT2D eigenvalue weighted by atomic mass is 10.1. The zero-order valence-corrected chi connectivity index (χ0v) is 13.6. The highest BCUT2D eigenvalue weighted by Crippen LogP contribution is 2.29. The molecule has 0 saturated carbocycles. The Hall–Kier alpha value is -3.20. The van der Waals surface area contributed by atoms with Crippen LogP contribution in [0.1, 0.15) is 5.69 Å². The minimum atomic E-state index is -0.204. The number of halogens is 1. The van der Waals surface area contributed by atoms with Gasteiger partial charge < -0.3 is 9.80 Å². The molecule has 0 amide bonds. The first kappa shape index (κ1) is 15.3. The smallest absolute Gasteiger partial charge is 0.187 e. The van der Waals surface area contributed by atoms with Crippen LogP contribution in [0.2, 0.25) is 0 Å². The van der Waals surface area contributed by atoms with Gasteiger partial charge in [0, 0.05) is 31.6 Å². The molecule has 1 aliphatic rings. The molecule has 1 aliphatic heterocycles. The molecule has 0 atom stereocenters. The molecule has 2 aromatic carbocycles. The summed E-state index contributed by atoms with van der Waals surface area (Å²) in [7, 11) is 0. The molecule has 4 rings (SSSR count). The zero-order valence-electron chi connectivity index (χ0n) is 13.6. The van der Waals surface area contributed by atoms with Crippen molar-refractivity contribution in [3.8, 4) is 6.07 Å². The SMILES string of the molecule is N#Cc1nnc2ccccc2c1N1CCN(c2ccccc2F)CC1. The number of aromatic nitrogens is 2. The quantitative estimate of drug-likeness (QED) is 0.722. The number of para-hydroxylation sites is 1. The summed E-state index contributed by atoms with van der Waals surface area (Å²) in [4.78, 5) is 4.18. The van der Waals surface area contributed by atoms with Crippen LogP contribution in [-0.2, 0) is 0 Å². The van der Waals surface area contributed by atoms with Gasteiger partial charge in [-0.25, -0.2) is 4.39 Å². The van der Waals surface area contributed by atoms with Gasteiger partial charge in [0.05, 0.1) is 16.9 Å². The normalized spacial score (nSPS) is 14.6. The molecular weight excluding hydrogens is 317 g/mol. The Bertz CT molecular complexity index is 957. The van der Waals surface area contributed by atoms with Crippen molar-refractivity contribution in [3.63, 3.8) is 0 Å². The van der Waals surface area contributed by atoms with E-state index in [2.05, 4.69) is 21.2 Å². The van der Waals surface area contributed by atoms with Crippen LogP contribution in [-0.4, -0.2) is 36.4 Å². The summed E-state index contributed by atoms with van der Waals surface area (Å²) in [5, 5.41) is 18.5. The van der Waals surface area contributed by atoms with Crippen LogP contribution in [0.25, 0.3) is 10.9 Å². The number of nitrogens with zero attached hydrogens (tertiary/aromatic N) is 5. The summed E-state index contributed by atoms with van der Waals surface area (Å²) in [6, 6.07) is 16.7. The second kappa shape index (κ2) is 6.36. The van der Waals surface area contributed by atoms with Crippen LogP contribution in [0.5, 0.6) is 0 Å². The molecule has 1 fully saturated rings. The minimum absolute atomic E-state index is 0.204. The van der Waals surface area contributed by atoms with Gasteiger partial charge in [-0.1, -0.05) is 30.3 Å². The van der Waals surface area contributed by atoms with E-state index in [9.17, 15) is 9.65 Å². The predicted octanol–water partition coefficient (Wildman–Crippen LogP) is 2.97. The standard InChI is InChI=1S/C19H16FN5/c20-15-6-2-4-8-18(15)24-9-11-25(12-10-24)19-14-5-1-3-7-16(14)22-23-17(19)13-21/h1-8H,9-12H2. The first-order valence-corrected chi connectivity index (χ1v) is 8.18. The summed E-state index contributed by atoms with van der Waals surface area (Å²) < 4.78 is 14.0. The number of hydrogen-bond donors (Lipinski definition) is 0. The lowest BCUT2D eigenvalue weighted by Gasteiger charge is -2.37. The first-order chi connectivity index (χ1) is 12.3. The molecule has 1 aromatic heterocycles. The maximum Gasteiger partial charge on any atom is 0.187 e. The summed E-state index contributed by atoms with van der Waals surface area (Å²) in [5.41, 5.74) is 2.55. The van der Waals surface area contributed by atoms with E-state index in [0.717, 1.165) is 16.6 Å². The highest BCUT2D eigenvalue weighted by molar-refractivity contribution is 5.93. The van der Waals surface area contributed by atoms with Crippen molar-refractivity contribution in [2.75, 3.05) is 36.0 Å². The second-order valence-electron chi connectivity index (χ2n) is 5.95. The van der Waals surface area contributed by atoms with E-state index in [1.54, 1.807) is 12.1 Å². The maximum atomic E-state index is 14.0. The summed E-state index contributed by atoms with van der Waals surface area (Å²) >= 11 is 0. The van der Waals surface area contributed by atoms with Crippen molar-refractivity contribution in [3.05, 3.63) is 60.0 Å². The fraction of sp³-hybridized carbons (Fsp3) is 0.211. The average Bonchev–Trinajstić information content (AvgIpc) is 2.67. The van der Waals surface area contributed by atoms with Gasteiger partial charge in [-0.05, 0) is 18.2 Å². The van der Waals surface area contributed by atoms with Crippen molar-refractivity contribution < 1.29 is 4.39 Å². The molecule has 124 valence electrons. The van der Waals surface area contributed by atoms with E-state index in [1.807, 2.05) is 35.2 Å². The topological polar surface area (TPSA) is 56.1 Å². The monoisotopic (exact) mass is 333 g/mol. The van der Waals surface area contributed by atoms with Gasteiger partial charge in [0.1, 0.15) is 11.9 Å². The second-order valence-corrected chi connectivity index (χ2v) is 5.95. The van der Waals surface area contributed by atoms with Crippen LogP contribution in [0.3, 0.4) is 0 Å². The highest BCUT2D eigenvalue weighted by Gasteiger charge is 2.23. The van der Waals surface area contributed by atoms with Crippen LogP contribution in [0, 0.1) is 17.1 Å². The number of benzene rings is 2. The Balaban J connectivity index is 1.64. The lowest BCUT2D eigenvalue weighted by Crippen LogP contribution is -2.47. The van der Waals surface area contributed by atoms with Crippen molar-refractivity contribution in [2.24, 2.45) is 0 Å². The number of anilines is 2. The van der Waals surface area contributed by atoms with Crippen LogP contribution < -0.4 is 9.80 Å². The third kappa shape index (κ3) is 2.74. The molecule has 0 N–H and O–H groups in total. The van der Waals surface area contributed by atoms with Gasteiger partial charge in [-0.15, -0.1) is 10.2 Å². The third-order valence-electron chi connectivity index (χ3n) is 4.54. The molecule has 5 nitrogen and oxygen atoms in total. The molecule has 0 unspecified atom stereocenters. The molecule has 25 heavy (non-hydrogen) atoms. The van der Waals surface area contributed by atoms with Gasteiger partial charge in [-0.2, -0.15) is 5.26 Å². The van der Waals surface area contributed by atoms with Crippen molar-refractivity contribution in [1.82, 2.24) is 10.2 Å². The Labute approximate surface area is 144 Å². The van der Waals surface area contributed by atoms with Crippen molar-refractivity contribution in [1.29, 1.82) is 5.26 Å². The molecule has 0 spiro atoms. The van der Waals surface area contributed by atoms with Gasteiger partial charge in [0.2, 0.25) is 0 Å². The van der Waals surface area contributed by atoms with E-state index in [4.69, 9.17) is 0 Å². The molecule has 1 saturated heterocycles. The molecule has 2 heterocycles. The zero-order chi connectivity index (χ0) is 17.2. The Morgan fingerprint density at radius 3 is 2.32 bits per heavy atom. The van der Waals surface area contributed by atoms with Crippen LogP contribution in [0.15, 0.2) is 48.5 Å². The van der Waals surface area contributed by atoms with Crippen LogP contribution >= 0.6 is 0 Å². The van der Waals surface area contributed by atoms with Gasteiger partial charge in [0.15, 0.2) is 5.69 Å². The average molecular weight is 333 g/mol. The molecule has 0 radical (unpaired) electrons. The number of fused-ring (bicyclic) bond motifs is 1. The van der Waals surface area contributed by atoms with E-state index >= 15 is 0 Å². The molecule has 0 bridgehead atoms. The largest absolute Gasteiger partial charge is 0.366 e. The summed E-state index contributed by atoms with van der Waals surface area (Å²) in [5.74, 6) is -0.204. The highest BCUT2D eigenvalue weighted by atomic mass is 19.1. The molecule has 3 aromatic rings. The molecule has 0 aliphatic carbocycles. The number of nitriles is 1. The fourth-order valence-corrected chi connectivity index (χ4v) is 3.31. The number of rotatable bonds is 2. The molecule has 6 heteroatoms. The Morgan fingerprint density at radius 2 is 1.56 bits per heavy atom. The van der Waals surface area contributed by atoms with E-state index in [1.165, 1.54) is 6.07 Å². The van der Waals surface area contributed by atoms with Crippen molar-refractivity contribution >= 4 is 22.3 Å². The Morgan fingerprint density at radius 1 is 0.880 bits per heavy atom. The summed E-state index contributed by atoms with van der Waals surface area (Å²) in [6.07, 6.45) is 0. The fourth-order valence-electron chi connectivity index (χ4n) is 3.31. The molecular formula is C19H16FN5. The first-order valence-electron chi connectivity index (χ1n) is 8.18. The number of hydrogen-bond acceptors (Lipinski definition) is 5. The minimum Gasteiger partial charge on any atom is -0.366 e. The Kier molecular flexibility index (Phi) is 3.90. The number of piperazine rings is 1. The van der Waals surface area contributed by atoms with E-state index < -0.39 is 0 Å². The lowest BCUT2D eigenvalue weighted by molar-refractivity contribution is 0.598. The van der Waals surface area contributed by atoms with Gasteiger partial charge in [-0.3, -0.25) is 0 Å². The van der Waals surface area contributed by atoms with Crippen LogP contribution in [0.4, 0.5) is 15.8 Å². The third-order valence-corrected chi connectivity index (χ3v) is 4.54. The maximum absolute atomic E-state index is 14.0. The van der Waals surface area contributed by atoms with Gasteiger partial charge in [0.25, 0.3) is 0 Å². The van der Waals surface area contributed by atoms with Crippen molar-refractivity contribution in [2.45, 2.75) is 0 Å². The predicted molar refractivity (Wildman–Crippen MR) is 95.1 cm³/mol. The van der Waals surface area contributed by atoms with E-state index in [0.29, 0.717) is 37.6 Å². The van der Waals surface area contributed by atoms with E-state index in [-0.39, 0.29) is 5.82 Å². The van der Waals surface area contributed by atoms with Gasteiger partial charge >= 0.3 is 0 Å². The summed E-state index contributed by atoms with van der Waals surface area (Å²) in [6.45, 7) is 2.75.